The molecule has 1 N–H and O–H groups in total. The predicted octanol–water partition coefficient (Wildman–Crippen LogP) is 2.29. The van der Waals surface area contributed by atoms with Crippen LogP contribution in [0.4, 0.5) is 0 Å². The number of thiazole rings is 1. The summed E-state index contributed by atoms with van der Waals surface area (Å²) in [5, 5.41) is 6.70. The van der Waals surface area contributed by atoms with Crippen LogP contribution in [0.25, 0.3) is 11.3 Å². The Balaban J connectivity index is 1.31. The molecule has 0 bridgehead atoms. The largest absolute Gasteiger partial charge is 0.379 e. The van der Waals surface area contributed by atoms with Crippen molar-refractivity contribution in [3.63, 3.8) is 0 Å². The average Bonchev–Trinajstić information content (AvgIpc) is 3.40. The fourth-order valence-electron chi connectivity index (χ4n) is 3.80. The smallest absolute Gasteiger partial charge is 0.194 e. The number of nitrogens with zero attached hydrogens (tertiary/aromatic N) is 4. The zero-order valence-corrected chi connectivity index (χ0v) is 16.6. The quantitative estimate of drug-likeness (QED) is 0.647. The molecule has 144 valence electrons. The van der Waals surface area contributed by atoms with Crippen LogP contribution in [0, 0.1) is 0 Å². The maximum atomic E-state index is 5.48. The van der Waals surface area contributed by atoms with Crippen LogP contribution in [0.5, 0.6) is 0 Å². The molecule has 7 heteroatoms. The molecule has 1 unspecified atom stereocenters. The number of aromatic nitrogens is 1. The summed E-state index contributed by atoms with van der Waals surface area (Å²) in [7, 11) is 1.86. The van der Waals surface area contributed by atoms with E-state index in [0.717, 1.165) is 61.6 Å². The minimum absolute atomic E-state index is 0.608. The molecule has 0 amide bonds. The van der Waals surface area contributed by atoms with E-state index in [1.165, 1.54) is 6.42 Å². The monoisotopic (exact) mass is 385 g/mol. The number of hydrogen-bond acceptors (Lipinski definition) is 5. The van der Waals surface area contributed by atoms with Crippen molar-refractivity contribution >= 4 is 17.3 Å². The van der Waals surface area contributed by atoms with Gasteiger partial charge in [-0.25, -0.2) is 4.98 Å². The minimum atomic E-state index is 0.608. The molecule has 2 aliphatic rings. The number of rotatable bonds is 4. The summed E-state index contributed by atoms with van der Waals surface area (Å²) in [6, 6.07) is 10.9. The van der Waals surface area contributed by atoms with Crippen molar-refractivity contribution in [3.8, 4) is 11.3 Å². The maximum absolute atomic E-state index is 5.48. The van der Waals surface area contributed by atoms with Gasteiger partial charge in [-0.15, -0.1) is 11.3 Å². The first-order valence-electron chi connectivity index (χ1n) is 9.60. The van der Waals surface area contributed by atoms with Gasteiger partial charge >= 0.3 is 0 Å². The van der Waals surface area contributed by atoms with Crippen LogP contribution < -0.4 is 5.32 Å². The molecule has 0 radical (unpaired) electrons. The molecule has 2 fully saturated rings. The third kappa shape index (κ3) is 4.48. The molecule has 6 nitrogen and oxygen atoms in total. The van der Waals surface area contributed by atoms with Gasteiger partial charge < -0.3 is 15.0 Å². The lowest BCUT2D eigenvalue weighted by molar-refractivity contribution is 0.0195. The van der Waals surface area contributed by atoms with Crippen molar-refractivity contribution in [1.82, 2.24) is 20.1 Å². The molecular formula is C20H27N5OS. The number of benzene rings is 1. The molecule has 3 heterocycles. The van der Waals surface area contributed by atoms with Gasteiger partial charge in [-0.3, -0.25) is 9.89 Å². The van der Waals surface area contributed by atoms with E-state index in [0.29, 0.717) is 12.6 Å². The van der Waals surface area contributed by atoms with Crippen LogP contribution >= 0.6 is 11.3 Å². The Bertz CT molecular complexity index is 757. The fraction of sp³-hybridized carbons (Fsp3) is 0.500. The second-order valence-electron chi connectivity index (χ2n) is 6.93. The van der Waals surface area contributed by atoms with Crippen LogP contribution in [0.2, 0.25) is 0 Å². The average molecular weight is 386 g/mol. The Morgan fingerprint density at radius 3 is 2.85 bits per heavy atom. The SMILES string of the molecule is CN=C(NCc1nc(-c2ccccc2)cs1)N1CCC(N2CCOCC2)C1. The molecule has 27 heavy (non-hydrogen) atoms. The summed E-state index contributed by atoms with van der Waals surface area (Å²) >= 11 is 1.69. The Morgan fingerprint density at radius 1 is 1.26 bits per heavy atom. The van der Waals surface area contributed by atoms with E-state index in [4.69, 9.17) is 9.72 Å². The minimum Gasteiger partial charge on any atom is -0.379 e. The van der Waals surface area contributed by atoms with Gasteiger partial charge in [0.1, 0.15) is 5.01 Å². The lowest BCUT2D eigenvalue weighted by atomic mass is 10.2. The first-order chi connectivity index (χ1) is 13.3. The molecule has 0 saturated carbocycles. The van der Waals surface area contributed by atoms with Gasteiger partial charge in [-0.1, -0.05) is 30.3 Å². The highest BCUT2D eigenvalue weighted by atomic mass is 32.1. The van der Waals surface area contributed by atoms with Crippen LogP contribution in [0.15, 0.2) is 40.7 Å². The molecule has 0 aliphatic carbocycles. The summed E-state index contributed by atoms with van der Waals surface area (Å²) in [6.45, 7) is 6.61. The summed E-state index contributed by atoms with van der Waals surface area (Å²) in [5.74, 6) is 0.974. The predicted molar refractivity (Wildman–Crippen MR) is 110 cm³/mol. The molecule has 4 rings (SSSR count). The molecule has 2 aromatic rings. The normalized spacial score (nSPS) is 21.6. The highest BCUT2D eigenvalue weighted by molar-refractivity contribution is 7.09. The lowest BCUT2D eigenvalue weighted by Crippen LogP contribution is -2.46. The molecule has 1 aromatic carbocycles. The van der Waals surface area contributed by atoms with Crippen molar-refractivity contribution < 1.29 is 4.74 Å². The van der Waals surface area contributed by atoms with Gasteiger partial charge in [0.05, 0.1) is 25.5 Å². The molecule has 1 aromatic heterocycles. The van der Waals surface area contributed by atoms with Crippen molar-refractivity contribution in [2.24, 2.45) is 4.99 Å². The Morgan fingerprint density at radius 2 is 2.07 bits per heavy atom. The number of guanidine groups is 1. The lowest BCUT2D eigenvalue weighted by Gasteiger charge is -2.32. The van der Waals surface area contributed by atoms with Crippen LogP contribution in [0.1, 0.15) is 11.4 Å². The van der Waals surface area contributed by atoms with E-state index in [-0.39, 0.29) is 0 Å². The molecule has 2 aliphatic heterocycles. The second-order valence-corrected chi connectivity index (χ2v) is 7.87. The van der Waals surface area contributed by atoms with Crippen molar-refractivity contribution in [1.29, 1.82) is 0 Å². The highest BCUT2D eigenvalue weighted by Gasteiger charge is 2.30. The maximum Gasteiger partial charge on any atom is 0.194 e. The third-order valence-electron chi connectivity index (χ3n) is 5.26. The summed E-state index contributed by atoms with van der Waals surface area (Å²) in [4.78, 5) is 14.2. The molecule has 1 atom stereocenters. The zero-order chi connectivity index (χ0) is 18.5. The topological polar surface area (TPSA) is 53.0 Å². The van der Waals surface area contributed by atoms with E-state index in [9.17, 15) is 0 Å². The number of morpholine rings is 1. The van der Waals surface area contributed by atoms with E-state index in [1.807, 2.05) is 25.2 Å². The van der Waals surface area contributed by atoms with Crippen LogP contribution in [-0.2, 0) is 11.3 Å². The Labute approximate surface area is 164 Å². The summed E-state index contributed by atoms with van der Waals surface area (Å²) in [5.41, 5.74) is 2.21. The number of hydrogen-bond donors (Lipinski definition) is 1. The summed E-state index contributed by atoms with van der Waals surface area (Å²) in [6.07, 6.45) is 1.19. The first-order valence-corrected chi connectivity index (χ1v) is 10.5. The van der Waals surface area contributed by atoms with Gasteiger partial charge in [0, 0.05) is 50.2 Å². The van der Waals surface area contributed by atoms with Gasteiger partial charge in [0.15, 0.2) is 5.96 Å². The van der Waals surface area contributed by atoms with Crippen molar-refractivity contribution in [3.05, 3.63) is 40.7 Å². The number of nitrogens with one attached hydrogen (secondary N) is 1. The van der Waals surface area contributed by atoms with E-state index in [1.54, 1.807) is 11.3 Å². The molecule has 2 saturated heterocycles. The van der Waals surface area contributed by atoms with Crippen LogP contribution in [-0.4, -0.2) is 73.2 Å². The summed E-state index contributed by atoms with van der Waals surface area (Å²) < 4.78 is 5.48. The van der Waals surface area contributed by atoms with Gasteiger partial charge in [-0.05, 0) is 6.42 Å². The van der Waals surface area contributed by atoms with Gasteiger partial charge in [0.2, 0.25) is 0 Å². The molecule has 0 spiro atoms. The van der Waals surface area contributed by atoms with Gasteiger partial charge in [-0.2, -0.15) is 0 Å². The Hall–Kier alpha value is -1.96. The zero-order valence-electron chi connectivity index (χ0n) is 15.8. The van der Waals surface area contributed by atoms with E-state index < -0.39 is 0 Å². The van der Waals surface area contributed by atoms with E-state index in [2.05, 4.69) is 37.6 Å². The van der Waals surface area contributed by atoms with Crippen molar-refractivity contribution in [2.45, 2.75) is 19.0 Å². The first kappa shape index (κ1) is 18.4. The standard InChI is InChI=1S/C20H27N5OS/c1-21-20(25-8-7-17(14-25)24-9-11-26-12-10-24)22-13-19-23-18(15-27-19)16-5-3-2-4-6-16/h2-6,15,17H,7-14H2,1H3,(H,21,22). The van der Waals surface area contributed by atoms with Gasteiger partial charge in [0.25, 0.3) is 0 Å². The number of ether oxygens (including phenoxy) is 1. The third-order valence-corrected chi connectivity index (χ3v) is 6.10. The molecular weight excluding hydrogens is 358 g/mol. The second kappa shape index (κ2) is 8.82. The number of aliphatic imine (C=N–C) groups is 1. The van der Waals surface area contributed by atoms with Crippen LogP contribution in [0.3, 0.4) is 0 Å². The highest BCUT2D eigenvalue weighted by Crippen LogP contribution is 2.22. The fourth-order valence-corrected chi connectivity index (χ4v) is 4.54. The number of likely N-dealkylation sites (tertiary alicyclic amines) is 1. The van der Waals surface area contributed by atoms with Crippen molar-refractivity contribution in [2.75, 3.05) is 46.4 Å². The Kier molecular flexibility index (Phi) is 6.01. The van der Waals surface area contributed by atoms with E-state index >= 15 is 0 Å².